The molecule has 0 bridgehead atoms. The molecular formula is C18H25NO5. The van der Waals surface area contributed by atoms with E-state index in [0.717, 1.165) is 5.56 Å². The molecular weight excluding hydrogens is 310 g/mol. The van der Waals surface area contributed by atoms with Gasteiger partial charge < -0.3 is 19.1 Å². The number of likely N-dealkylation sites (tertiary alicyclic amines) is 1. The average molecular weight is 335 g/mol. The maximum absolute atomic E-state index is 12.1. The Kier molecular flexibility index (Phi) is 7.06. The normalized spacial score (nSPS) is 20.0. The summed E-state index contributed by atoms with van der Waals surface area (Å²) in [5.41, 5.74) is 1.08. The van der Waals surface area contributed by atoms with Gasteiger partial charge in [-0.15, -0.1) is 0 Å². The molecule has 1 saturated heterocycles. The fourth-order valence-electron chi connectivity index (χ4n) is 2.82. The van der Waals surface area contributed by atoms with E-state index in [1.54, 1.807) is 18.7 Å². The van der Waals surface area contributed by atoms with Gasteiger partial charge in [-0.3, -0.25) is 4.79 Å². The van der Waals surface area contributed by atoms with Crippen LogP contribution in [0.3, 0.4) is 0 Å². The van der Waals surface area contributed by atoms with Crippen LogP contribution in [0, 0.1) is 0 Å². The lowest BCUT2D eigenvalue weighted by Gasteiger charge is -2.22. The van der Waals surface area contributed by atoms with Crippen molar-refractivity contribution in [2.45, 2.75) is 45.4 Å². The van der Waals surface area contributed by atoms with E-state index in [4.69, 9.17) is 14.2 Å². The zero-order valence-corrected chi connectivity index (χ0v) is 14.3. The standard InChI is InChI=1S/C18H25NO5/c1-3-22-17(20)11-15-10-16(12-19(15)18(21)23-4-2)24-13-14-8-6-5-7-9-14/h5-9,15-16H,3-4,10-13H2,1-2H3/t15-,16+/m0/s1. The smallest absolute Gasteiger partial charge is 0.410 e. The first-order valence-electron chi connectivity index (χ1n) is 8.38. The van der Waals surface area contributed by atoms with Gasteiger partial charge in [0, 0.05) is 6.04 Å². The summed E-state index contributed by atoms with van der Waals surface area (Å²) in [7, 11) is 0. The molecule has 1 aliphatic heterocycles. The molecule has 0 unspecified atom stereocenters. The van der Waals surface area contributed by atoms with Crippen molar-refractivity contribution in [2.24, 2.45) is 0 Å². The van der Waals surface area contributed by atoms with Crippen molar-refractivity contribution in [1.82, 2.24) is 4.90 Å². The number of hydrogen-bond acceptors (Lipinski definition) is 5. The SMILES string of the molecule is CCOC(=O)C[C@@H]1C[C@@H](OCc2ccccc2)CN1C(=O)OCC. The number of esters is 1. The van der Waals surface area contributed by atoms with Crippen LogP contribution in [0.5, 0.6) is 0 Å². The number of carbonyl (C=O) groups excluding carboxylic acids is 2. The number of ether oxygens (including phenoxy) is 3. The second kappa shape index (κ2) is 9.27. The molecule has 0 aliphatic carbocycles. The Bertz CT molecular complexity index is 533. The van der Waals surface area contributed by atoms with Crippen LogP contribution in [0.4, 0.5) is 4.79 Å². The van der Waals surface area contributed by atoms with E-state index in [1.807, 2.05) is 30.3 Å². The molecule has 2 rings (SSSR count). The minimum Gasteiger partial charge on any atom is -0.466 e. The van der Waals surface area contributed by atoms with Crippen LogP contribution in [-0.4, -0.2) is 48.9 Å². The van der Waals surface area contributed by atoms with Crippen LogP contribution in [0.1, 0.15) is 32.3 Å². The monoisotopic (exact) mass is 335 g/mol. The summed E-state index contributed by atoms with van der Waals surface area (Å²) in [6.45, 7) is 5.07. The van der Waals surface area contributed by atoms with Gasteiger partial charge in [-0.25, -0.2) is 4.79 Å². The number of hydrogen-bond donors (Lipinski definition) is 0. The molecule has 24 heavy (non-hydrogen) atoms. The molecule has 2 atom stereocenters. The van der Waals surface area contributed by atoms with Crippen molar-refractivity contribution in [1.29, 1.82) is 0 Å². The third-order valence-corrected chi connectivity index (χ3v) is 3.91. The Balaban J connectivity index is 1.94. The summed E-state index contributed by atoms with van der Waals surface area (Å²) in [6, 6.07) is 9.62. The Morgan fingerprint density at radius 1 is 1.12 bits per heavy atom. The van der Waals surface area contributed by atoms with Gasteiger partial charge in [0.1, 0.15) is 0 Å². The molecule has 6 nitrogen and oxygen atoms in total. The highest BCUT2D eigenvalue weighted by molar-refractivity contribution is 5.73. The third-order valence-electron chi connectivity index (χ3n) is 3.91. The predicted molar refractivity (Wildman–Crippen MR) is 88.4 cm³/mol. The molecule has 0 aromatic heterocycles. The molecule has 1 aliphatic rings. The largest absolute Gasteiger partial charge is 0.466 e. The second-order valence-electron chi connectivity index (χ2n) is 5.67. The van der Waals surface area contributed by atoms with Gasteiger partial charge in [0.25, 0.3) is 0 Å². The number of nitrogens with zero attached hydrogens (tertiary/aromatic N) is 1. The minimum absolute atomic E-state index is 0.117. The first kappa shape index (κ1) is 18.3. The zero-order chi connectivity index (χ0) is 17.4. The van der Waals surface area contributed by atoms with Crippen molar-refractivity contribution < 1.29 is 23.8 Å². The molecule has 1 amide bonds. The minimum atomic E-state index is -0.405. The molecule has 1 fully saturated rings. The summed E-state index contributed by atoms with van der Waals surface area (Å²) in [6.07, 6.45) is 0.245. The van der Waals surface area contributed by atoms with E-state index in [1.165, 1.54) is 0 Å². The molecule has 1 heterocycles. The molecule has 0 saturated carbocycles. The molecule has 0 N–H and O–H groups in total. The van der Waals surface area contributed by atoms with E-state index in [2.05, 4.69) is 0 Å². The van der Waals surface area contributed by atoms with Gasteiger partial charge in [-0.1, -0.05) is 30.3 Å². The molecule has 1 aromatic rings. The summed E-state index contributed by atoms with van der Waals surface area (Å²) in [5, 5.41) is 0. The Labute approximate surface area is 142 Å². The van der Waals surface area contributed by atoms with Crippen LogP contribution in [0.2, 0.25) is 0 Å². The second-order valence-corrected chi connectivity index (χ2v) is 5.67. The van der Waals surface area contributed by atoms with Crippen molar-refractivity contribution >= 4 is 12.1 Å². The van der Waals surface area contributed by atoms with Gasteiger partial charge in [0.15, 0.2) is 0 Å². The quantitative estimate of drug-likeness (QED) is 0.717. The summed E-state index contributed by atoms with van der Waals surface area (Å²) < 4.78 is 16.0. The first-order valence-corrected chi connectivity index (χ1v) is 8.38. The number of rotatable bonds is 7. The predicted octanol–water partition coefficient (Wildman–Crippen LogP) is 2.76. The fourth-order valence-corrected chi connectivity index (χ4v) is 2.82. The van der Waals surface area contributed by atoms with Crippen molar-refractivity contribution in [3.05, 3.63) is 35.9 Å². The lowest BCUT2D eigenvalue weighted by molar-refractivity contribution is -0.144. The van der Waals surface area contributed by atoms with Gasteiger partial charge in [0.2, 0.25) is 0 Å². The molecule has 132 valence electrons. The van der Waals surface area contributed by atoms with Crippen LogP contribution in [0.15, 0.2) is 30.3 Å². The van der Waals surface area contributed by atoms with E-state index < -0.39 is 6.09 Å². The summed E-state index contributed by atoms with van der Waals surface area (Å²) in [4.78, 5) is 25.5. The molecule has 0 radical (unpaired) electrons. The van der Waals surface area contributed by atoms with E-state index >= 15 is 0 Å². The van der Waals surface area contributed by atoms with E-state index in [9.17, 15) is 9.59 Å². The number of amides is 1. The van der Waals surface area contributed by atoms with E-state index in [0.29, 0.717) is 32.8 Å². The highest BCUT2D eigenvalue weighted by atomic mass is 16.6. The Morgan fingerprint density at radius 2 is 1.83 bits per heavy atom. The van der Waals surface area contributed by atoms with Gasteiger partial charge in [0.05, 0.1) is 38.9 Å². The number of benzene rings is 1. The number of carbonyl (C=O) groups is 2. The van der Waals surface area contributed by atoms with Crippen molar-refractivity contribution in [3.8, 4) is 0 Å². The van der Waals surface area contributed by atoms with E-state index in [-0.39, 0.29) is 24.5 Å². The zero-order valence-electron chi connectivity index (χ0n) is 14.3. The molecule has 1 aromatic carbocycles. The lowest BCUT2D eigenvalue weighted by atomic mass is 10.1. The molecule has 6 heteroatoms. The molecule has 0 spiro atoms. The maximum atomic E-state index is 12.1. The van der Waals surface area contributed by atoms with Crippen LogP contribution >= 0.6 is 0 Å². The average Bonchev–Trinajstić information content (AvgIpc) is 2.97. The van der Waals surface area contributed by atoms with Crippen LogP contribution in [-0.2, 0) is 25.6 Å². The summed E-state index contributed by atoms with van der Waals surface area (Å²) >= 11 is 0. The highest BCUT2D eigenvalue weighted by Crippen LogP contribution is 2.25. The first-order chi connectivity index (χ1) is 11.6. The Morgan fingerprint density at radius 3 is 2.50 bits per heavy atom. The van der Waals surface area contributed by atoms with Crippen LogP contribution in [0.25, 0.3) is 0 Å². The topological polar surface area (TPSA) is 65.1 Å². The van der Waals surface area contributed by atoms with Gasteiger partial charge >= 0.3 is 12.1 Å². The Hall–Kier alpha value is -2.08. The van der Waals surface area contributed by atoms with Crippen LogP contribution < -0.4 is 0 Å². The third kappa shape index (κ3) is 5.23. The maximum Gasteiger partial charge on any atom is 0.410 e. The van der Waals surface area contributed by atoms with Gasteiger partial charge in [-0.05, 0) is 25.8 Å². The highest BCUT2D eigenvalue weighted by Gasteiger charge is 2.38. The fraction of sp³-hybridized carbons (Fsp3) is 0.556. The van der Waals surface area contributed by atoms with Crippen molar-refractivity contribution in [2.75, 3.05) is 19.8 Å². The lowest BCUT2D eigenvalue weighted by Crippen LogP contribution is -2.38. The van der Waals surface area contributed by atoms with Crippen molar-refractivity contribution in [3.63, 3.8) is 0 Å². The summed E-state index contributed by atoms with van der Waals surface area (Å²) in [5.74, 6) is -0.305. The van der Waals surface area contributed by atoms with Gasteiger partial charge in [-0.2, -0.15) is 0 Å².